The van der Waals surface area contributed by atoms with Crippen molar-refractivity contribution < 1.29 is 29.3 Å². The first-order valence-electron chi connectivity index (χ1n) is 6.90. The molecule has 0 aromatic carbocycles. The van der Waals surface area contributed by atoms with Gasteiger partial charge in [-0.15, -0.1) is 0 Å². The molecule has 2 heterocycles. The van der Waals surface area contributed by atoms with Crippen molar-refractivity contribution in [1.82, 2.24) is 19.5 Å². The molecule has 2 aromatic heterocycles. The standard InChI is InChI=1S/C11H18N5O7P/c17-4-7(18)3-12-11-14-9-8(10(19)15-11)13-5-16(9)1-2-23-6-24(20,21)22/h5,7,17-18H,1-4,6H2,(H2,20,21,22)(H2,12,14,15,19). The van der Waals surface area contributed by atoms with E-state index in [4.69, 9.17) is 19.6 Å². The smallest absolute Gasteiger partial charge is 0.350 e. The van der Waals surface area contributed by atoms with Gasteiger partial charge in [0.15, 0.2) is 11.2 Å². The number of fused-ring (bicyclic) bond motifs is 1. The van der Waals surface area contributed by atoms with Crippen LogP contribution in [0.25, 0.3) is 11.2 Å². The number of nitrogens with one attached hydrogen (secondary N) is 2. The van der Waals surface area contributed by atoms with E-state index in [1.54, 1.807) is 0 Å². The summed E-state index contributed by atoms with van der Waals surface area (Å²) in [5.74, 6) is 0.0953. The predicted molar refractivity (Wildman–Crippen MR) is 82.6 cm³/mol. The Hall–Kier alpha value is -1.82. The molecule has 0 aliphatic heterocycles. The van der Waals surface area contributed by atoms with E-state index in [0.29, 0.717) is 0 Å². The highest BCUT2D eigenvalue weighted by Gasteiger charge is 2.14. The van der Waals surface area contributed by atoms with Gasteiger partial charge in [-0.2, -0.15) is 4.98 Å². The zero-order chi connectivity index (χ0) is 17.7. The third kappa shape index (κ3) is 5.09. The summed E-state index contributed by atoms with van der Waals surface area (Å²) in [6, 6.07) is 0. The number of hydrogen-bond acceptors (Lipinski definition) is 8. The second-order valence-electron chi connectivity index (χ2n) is 4.94. The van der Waals surface area contributed by atoms with Gasteiger partial charge in [-0.3, -0.25) is 14.3 Å². The maximum Gasteiger partial charge on any atom is 0.350 e. The normalized spacial score (nSPS) is 13.3. The van der Waals surface area contributed by atoms with Gasteiger partial charge in [-0.1, -0.05) is 0 Å². The molecule has 0 amide bonds. The van der Waals surface area contributed by atoms with Gasteiger partial charge in [0.25, 0.3) is 5.56 Å². The molecule has 1 atom stereocenters. The maximum atomic E-state index is 11.9. The third-order valence-corrected chi connectivity index (χ3v) is 3.45. The Morgan fingerprint density at radius 3 is 2.88 bits per heavy atom. The Morgan fingerprint density at radius 2 is 2.21 bits per heavy atom. The van der Waals surface area contributed by atoms with E-state index < -0.39 is 32.2 Å². The Kier molecular flexibility index (Phi) is 6.04. The number of hydrogen-bond donors (Lipinski definition) is 6. The number of anilines is 1. The molecule has 0 radical (unpaired) electrons. The number of aromatic amines is 1. The summed E-state index contributed by atoms with van der Waals surface area (Å²) < 4.78 is 17.1. The molecule has 0 aliphatic rings. The highest BCUT2D eigenvalue weighted by Crippen LogP contribution is 2.33. The zero-order valence-corrected chi connectivity index (χ0v) is 13.4. The predicted octanol–water partition coefficient (Wildman–Crippen LogP) is -1.96. The molecule has 2 aromatic rings. The summed E-state index contributed by atoms with van der Waals surface area (Å²) in [7, 11) is -4.23. The van der Waals surface area contributed by atoms with E-state index in [1.807, 2.05) is 0 Å². The van der Waals surface area contributed by atoms with Crippen molar-refractivity contribution in [2.24, 2.45) is 0 Å². The number of rotatable bonds is 9. The van der Waals surface area contributed by atoms with Gasteiger partial charge in [-0.05, 0) is 0 Å². The van der Waals surface area contributed by atoms with E-state index in [1.165, 1.54) is 10.9 Å². The number of aromatic nitrogens is 4. The van der Waals surface area contributed by atoms with Gasteiger partial charge < -0.3 is 34.6 Å². The Morgan fingerprint density at radius 1 is 1.46 bits per heavy atom. The second kappa shape index (κ2) is 7.83. The SMILES string of the molecule is O=c1[nH]c(NCC(O)CO)nc2c1ncn2CCOCP(=O)(O)O. The first-order valence-corrected chi connectivity index (χ1v) is 8.70. The second-order valence-corrected chi connectivity index (χ2v) is 6.53. The van der Waals surface area contributed by atoms with E-state index >= 15 is 0 Å². The van der Waals surface area contributed by atoms with Crippen molar-refractivity contribution in [3.05, 3.63) is 16.7 Å². The number of nitrogens with zero attached hydrogens (tertiary/aromatic N) is 3. The molecule has 0 spiro atoms. The quantitative estimate of drug-likeness (QED) is 0.216. The van der Waals surface area contributed by atoms with E-state index in [2.05, 4.69) is 20.3 Å². The summed E-state index contributed by atoms with van der Waals surface area (Å²) in [6.07, 6.45) is -0.337. The van der Waals surface area contributed by atoms with E-state index in [0.717, 1.165) is 0 Å². The fraction of sp³-hybridized carbons (Fsp3) is 0.545. The molecule has 24 heavy (non-hydrogen) atoms. The van der Waals surface area contributed by atoms with Crippen molar-refractivity contribution in [3.8, 4) is 0 Å². The molecule has 0 saturated carbocycles. The average Bonchev–Trinajstić information content (AvgIpc) is 2.92. The minimum Gasteiger partial charge on any atom is -0.394 e. The van der Waals surface area contributed by atoms with Crippen molar-refractivity contribution in [2.45, 2.75) is 12.6 Å². The van der Waals surface area contributed by atoms with Crippen LogP contribution in [-0.2, 0) is 15.8 Å². The molecule has 12 nitrogen and oxygen atoms in total. The van der Waals surface area contributed by atoms with E-state index in [9.17, 15) is 14.5 Å². The van der Waals surface area contributed by atoms with Crippen molar-refractivity contribution in [1.29, 1.82) is 0 Å². The van der Waals surface area contributed by atoms with Crippen molar-refractivity contribution in [2.75, 3.05) is 31.4 Å². The summed E-state index contributed by atoms with van der Waals surface area (Å²) >= 11 is 0. The topological polar surface area (TPSA) is 183 Å². The van der Waals surface area contributed by atoms with Crippen LogP contribution in [0.4, 0.5) is 5.95 Å². The van der Waals surface area contributed by atoms with E-state index in [-0.39, 0.29) is 36.8 Å². The first kappa shape index (κ1) is 18.5. The first-order chi connectivity index (χ1) is 11.3. The molecule has 134 valence electrons. The average molecular weight is 363 g/mol. The van der Waals surface area contributed by atoms with Gasteiger partial charge in [-0.25, -0.2) is 4.98 Å². The summed E-state index contributed by atoms with van der Waals surface area (Å²) in [6.45, 7) is -0.262. The van der Waals surface area contributed by atoms with Crippen LogP contribution in [0.15, 0.2) is 11.1 Å². The van der Waals surface area contributed by atoms with Crippen LogP contribution in [0.2, 0.25) is 0 Å². The van der Waals surface area contributed by atoms with Gasteiger partial charge in [0.2, 0.25) is 5.95 Å². The van der Waals surface area contributed by atoms with Gasteiger partial charge in [0.1, 0.15) is 6.35 Å². The van der Waals surface area contributed by atoms with Gasteiger partial charge in [0.05, 0.1) is 25.6 Å². The minimum atomic E-state index is -4.23. The molecule has 2 rings (SSSR count). The minimum absolute atomic E-state index is 0.00294. The van der Waals surface area contributed by atoms with Gasteiger partial charge in [0, 0.05) is 13.1 Å². The lowest BCUT2D eigenvalue weighted by Gasteiger charge is -2.10. The summed E-state index contributed by atoms with van der Waals surface area (Å²) in [4.78, 5) is 39.9. The Bertz CT molecular complexity index is 785. The number of imidazole rings is 1. The summed E-state index contributed by atoms with van der Waals surface area (Å²) in [5, 5.41) is 20.7. The van der Waals surface area contributed by atoms with Crippen LogP contribution in [0, 0.1) is 0 Å². The van der Waals surface area contributed by atoms with Crippen LogP contribution in [0.5, 0.6) is 0 Å². The van der Waals surface area contributed by atoms with Crippen molar-refractivity contribution in [3.63, 3.8) is 0 Å². The Labute approximate surface area is 135 Å². The monoisotopic (exact) mass is 363 g/mol. The number of aliphatic hydroxyl groups excluding tert-OH is 2. The molecular weight excluding hydrogens is 345 g/mol. The zero-order valence-electron chi connectivity index (χ0n) is 12.5. The van der Waals surface area contributed by atoms with Crippen LogP contribution in [0.1, 0.15) is 0 Å². The highest BCUT2D eigenvalue weighted by atomic mass is 31.2. The summed E-state index contributed by atoms with van der Waals surface area (Å²) in [5.41, 5.74) is -0.145. The number of H-pyrrole nitrogens is 1. The molecule has 0 bridgehead atoms. The lowest BCUT2D eigenvalue weighted by atomic mass is 10.4. The van der Waals surface area contributed by atoms with Crippen LogP contribution in [-0.4, -0.2) is 71.7 Å². The van der Waals surface area contributed by atoms with Crippen molar-refractivity contribution >= 4 is 24.7 Å². The van der Waals surface area contributed by atoms with Crippen LogP contribution in [0.3, 0.4) is 0 Å². The molecule has 0 aliphatic carbocycles. The number of aliphatic hydroxyl groups is 2. The largest absolute Gasteiger partial charge is 0.394 e. The fourth-order valence-corrected chi connectivity index (χ4v) is 2.19. The van der Waals surface area contributed by atoms with Crippen LogP contribution < -0.4 is 10.9 Å². The van der Waals surface area contributed by atoms with Crippen LogP contribution >= 0.6 is 7.60 Å². The molecule has 0 saturated heterocycles. The highest BCUT2D eigenvalue weighted by molar-refractivity contribution is 7.51. The number of ether oxygens (including phenoxy) is 1. The molecule has 1 unspecified atom stereocenters. The maximum absolute atomic E-state index is 11.9. The lowest BCUT2D eigenvalue weighted by Crippen LogP contribution is -2.25. The molecular formula is C11H18N5O7P. The Balaban J connectivity index is 2.09. The molecule has 6 N–H and O–H groups in total. The lowest BCUT2D eigenvalue weighted by molar-refractivity contribution is 0.105. The molecule has 0 fully saturated rings. The fourth-order valence-electron chi connectivity index (χ4n) is 1.83. The van der Waals surface area contributed by atoms with Gasteiger partial charge >= 0.3 is 7.60 Å². The molecule has 13 heteroatoms. The third-order valence-electron chi connectivity index (χ3n) is 2.93.